The van der Waals surface area contributed by atoms with E-state index >= 15 is 0 Å². The molecule has 9 rings (SSSR count). The van der Waals surface area contributed by atoms with Gasteiger partial charge in [-0.15, -0.1) is 0 Å². The number of anilines is 2. The largest absolute Gasteiger partial charge is 0.480 e. The van der Waals surface area contributed by atoms with Crippen LogP contribution in [0.2, 0.25) is 5.02 Å². The van der Waals surface area contributed by atoms with Crippen LogP contribution in [-0.2, 0) is 40.5 Å². The molecule has 18 heteroatoms. The number of hydrogen-bond donors (Lipinski definition) is 1. The molecule has 1 amide bonds. The fourth-order valence-electron chi connectivity index (χ4n) is 9.08. The Morgan fingerprint density at radius 3 is 2.49 bits per heavy atom. The minimum Gasteiger partial charge on any atom is -0.480 e. The molecule has 5 heterocycles. The Bertz CT molecular complexity index is 2700. The third-order valence-electron chi connectivity index (χ3n) is 12.9. The number of alkyl halides is 3. The molecule has 1 N–H and O–H groups in total. The standard InChI is InChI=1S/C45H48ClF3N8O5S/c1-44(16-17-44)63(59,60)55(2)43(58)29-15-21-57(25-29)24-27-22-28-14-18-50-40(38(28)51-23-27)53-34-11-7-10-33(37(34)46)30-8-6-9-32-31(30)12-13-36(32)62-42-39(45(47,48)49)52-35(41(54-42)61-3)26-56-19-4-5-20-56/h6-11,14,18,22-23,29,36H,4-5,12-13,15-17,19-21,24-26H2,1-3H3,(H,50,53)/t29-,36-/m1/s1. The fraction of sp³-hybridized carbons (Fsp3) is 0.444. The zero-order valence-corrected chi connectivity index (χ0v) is 36.8. The summed E-state index contributed by atoms with van der Waals surface area (Å²) in [5.74, 6) is -0.859. The molecule has 0 spiro atoms. The third-order valence-corrected chi connectivity index (χ3v) is 15.8. The summed E-state index contributed by atoms with van der Waals surface area (Å²) in [5, 5.41) is 4.64. The van der Waals surface area contributed by atoms with Gasteiger partial charge in [0.05, 0.1) is 28.5 Å². The van der Waals surface area contributed by atoms with Crippen LogP contribution in [0.3, 0.4) is 0 Å². The van der Waals surface area contributed by atoms with Crippen molar-refractivity contribution in [3.8, 4) is 22.9 Å². The Morgan fingerprint density at radius 1 is 0.984 bits per heavy atom. The number of halogens is 4. The van der Waals surface area contributed by atoms with Crippen LogP contribution in [0, 0.1) is 5.92 Å². The lowest BCUT2D eigenvalue weighted by Gasteiger charge is -2.24. The van der Waals surface area contributed by atoms with Gasteiger partial charge in [-0.1, -0.05) is 41.9 Å². The van der Waals surface area contributed by atoms with Crippen molar-refractivity contribution in [3.05, 3.63) is 94.0 Å². The van der Waals surface area contributed by atoms with E-state index < -0.39 is 44.5 Å². The van der Waals surface area contributed by atoms with E-state index in [-0.39, 0.29) is 24.0 Å². The molecule has 0 unspecified atom stereocenters. The maximum absolute atomic E-state index is 14.5. The Balaban J connectivity index is 0.909. The molecule has 5 aromatic rings. The topological polar surface area (TPSA) is 143 Å². The van der Waals surface area contributed by atoms with Gasteiger partial charge in [0.1, 0.15) is 17.3 Å². The molecule has 332 valence electrons. The van der Waals surface area contributed by atoms with Crippen molar-refractivity contribution in [1.82, 2.24) is 34.0 Å². The number of sulfonamides is 1. The quantitative estimate of drug-likeness (QED) is 0.121. The van der Waals surface area contributed by atoms with Crippen molar-refractivity contribution in [2.45, 2.75) is 82.0 Å². The number of carbonyl (C=O) groups excluding carboxylic acids is 1. The molecular formula is C45H48ClF3N8O5S. The highest BCUT2D eigenvalue weighted by molar-refractivity contribution is 7.91. The van der Waals surface area contributed by atoms with Crippen LogP contribution >= 0.6 is 11.6 Å². The molecule has 63 heavy (non-hydrogen) atoms. The van der Waals surface area contributed by atoms with Crippen LogP contribution in [0.15, 0.2) is 60.9 Å². The minimum atomic E-state index is -4.79. The number of ether oxygens (including phenoxy) is 2. The molecular weight excluding hydrogens is 857 g/mol. The average molecular weight is 905 g/mol. The lowest BCUT2D eigenvalue weighted by molar-refractivity contribution is -0.143. The van der Waals surface area contributed by atoms with Gasteiger partial charge in [-0.25, -0.2) is 22.7 Å². The SMILES string of the molecule is COc1nc(O[C@@H]2CCc3c(-c4cccc(Nc5nccc6cc(CN7CC[C@@H](C(=O)N(C)S(=O)(=O)C8(C)CC8)C7)cnc56)c4Cl)cccc32)c(C(F)(F)F)nc1CN1CCCC1. The third kappa shape index (κ3) is 8.40. The van der Waals surface area contributed by atoms with Crippen LogP contribution in [0.1, 0.15) is 79.6 Å². The zero-order chi connectivity index (χ0) is 44.3. The first-order chi connectivity index (χ1) is 30.1. The van der Waals surface area contributed by atoms with Gasteiger partial charge >= 0.3 is 6.18 Å². The van der Waals surface area contributed by atoms with Crippen molar-refractivity contribution in [1.29, 1.82) is 0 Å². The van der Waals surface area contributed by atoms with Gasteiger partial charge in [-0.3, -0.25) is 19.6 Å². The van der Waals surface area contributed by atoms with Crippen molar-refractivity contribution >= 4 is 49.9 Å². The second-order valence-corrected chi connectivity index (χ2v) is 20.0. The van der Waals surface area contributed by atoms with Gasteiger partial charge in [0.25, 0.3) is 0 Å². The molecule has 2 saturated heterocycles. The van der Waals surface area contributed by atoms with Crippen LogP contribution in [0.4, 0.5) is 24.7 Å². The molecule has 2 aliphatic heterocycles. The number of methoxy groups -OCH3 is 1. The molecule has 2 aliphatic carbocycles. The summed E-state index contributed by atoms with van der Waals surface area (Å²) in [6.45, 7) is 5.11. The summed E-state index contributed by atoms with van der Waals surface area (Å²) in [7, 11) is -0.931. The smallest absolute Gasteiger partial charge is 0.438 e. The molecule has 3 aromatic heterocycles. The number of pyridine rings is 2. The number of carbonyl (C=O) groups is 1. The monoisotopic (exact) mass is 904 g/mol. The number of amides is 1. The first-order valence-corrected chi connectivity index (χ1v) is 23.0. The van der Waals surface area contributed by atoms with Crippen LogP contribution in [-0.4, -0.2) is 93.4 Å². The van der Waals surface area contributed by atoms with Crippen molar-refractivity contribution in [2.24, 2.45) is 5.92 Å². The van der Waals surface area contributed by atoms with E-state index in [1.807, 2.05) is 53.4 Å². The molecule has 13 nitrogen and oxygen atoms in total. The number of nitrogens with one attached hydrogen (secondary N) is 1. The van der Waals surface area contributed by atoms with E-state index in [4.69, 9.17) is 26.1 Å². The lowest BCUT2D eigenvalue weighted by atomic mass is 9.96. The Kier molecular flexibility index (Phi) is 11.5. The summed E-state index contributed by atoms with van der Waals surface area (Å²) in [4.78, 5) is 35.0. The van der Waals surface area contributed by atoms with Crippen molar-refractivity contribution < 1.29 is 35.9 Å². The number of benzene rings is 2. The van der Waals surface area contributed by atoms with Crippen LogP contribution in [0.5, 0.6) is 11.8 Å². The predicted octanol–water partition coefficient (Wildman–Crippen LogP) is 8.34. The zero-order valence-electron chi connectivity index (χ0n) is 35.2. The Labute approximate surface area is 369 Å². The summed E-state index contributed by atoms with van der Waals surface area (Å²) >= 11 is 7.15. The number of rotatable bonds is 13. The fourth-order valence-corrected chi connectivity index (χ4v) is 11.0. The molecule has 2 atom stereocenters. The van der Waals surface area contributed by atoms with Gasteiger partial charge in [0.15, 0.2) is 5.82 Å². The average Bonchev–Trinajstić information content (AvgIpc) is 3.61. The molecule has 1 saturated carbocycles. The first-order valence-electron chi connectivity index (χ1n) is 21.2. The maximum Gasteiger partial charge on any atom is 0.438 e. The normalized spacial score (nSPS) is 19.9. The summed E-state index contributed by atoms with van der Waals surface area (Å²) in [6.07, 6.45) is 2.59. The van der Waals surface area contributed by atoms with Gasteiger partial charge in [0.2, 0.25) is 33.4 Å². The molecule has 3 fully saturated rings. The molecule has 0 bridgehead atoms. The Morgan fingerprint density at radius 2 is 1.75 bits per heavy atom. The van der Waals surface area contributed by atoms with Crippen LogP contribution < -0.4 is 14.8 Å². The van der Waals surface area contributed by atoms with Gasteiger partial charge < -0.3 is 14.8 Å². The second-order valence-electron chi connectivity index (χ2n) is 17.2. The van der Waals surface area contributed by atoms with E-state index in [9.17, 15) is 26.4 Å². The van der Waals surface area contributed by atoms with E-state index in [0.29, 0.717) is 73.8 Å². The Hall–Kier alpha value is -5.10. The highest BCUT2D eigenvalue weighted by Gasteiger charge is 2.54. The molecule has 0 radical (unpaired) electrons. The van der Waals surface area contributed by atoms with Gasteiger partial charge in [-0.2, -0.15) is 18.2 Å². The van der Waals surface area contributed by atoms with Crippen molar-refractivity contribution in [3.63, 3.8) is 0 Å². The number of nitrogens with zero attached hydrogens (tertiary/aromatic N) is 7. The highest BCUT2D eigenvalue weighted by atomic mass is 35.5. The highest BCUT2D eigenvalue weighted by Crippen LogP contribution is 2.46. The first kappa shape index (κ1) is 43.2. The molecule has 4 aliphatic rings. The number of fused-ring (bicyclic) bond motifs is 2. The summed E-state index contributed by atoms with van der Waals surface area (Å²) in [5.41, 5.74) is 4.32. The lowest BCUT2D eigenvalue weighted by Crippen LogP contribution is -2.43. The van der Waals surface area contributed by atoms with Crippen molar-refractivity contribution in [2.75, 3.05) is 45.7 Å². The maximum atomic E-state index is 14.5. The second kappa shape index (κ2) is 16.8. The molecule has 2 aromatic carbocycles. The van der Waals surface area contributed by atoms with E-state index in [2.05, 4.69) is 25.2 Å². The number of hydrogen-bond acceptors (Lipinski definition) is 12. The minimum absolute atomic E-state index is 0.0123. The van der Waals surface area contributed by atoms with E-state index in [0.717, 1.165) is 63.4 Å². The van der Waals surface area contributed by atoms with E-state index in [1.54, 1.807) is 19.3 Å². The summed E-state index contributed by atoms with van der Waals surface area (Å²) < 4.78 is 81.0. The number of aromatic nitrogens is 4. The van der Waals surface area contributed by atoms with E-state index in [1.165, 1.54) is 14.2 Å². The number of likely N-dealkylation sites (tertiary alicyclic amines) is 2. The van der Waals surface area contributed by atoms with Gasteiger partial charge in [0, 0.05) is 50.0 Å². The van der Waals surface area contributed by atoms with Crippen LogP contribution in [0.25, 0.3) is 22.0 Å². The summed E-state index contributed by atoms with van der Waals surface area (Å²) in [6, 6.07) is 15.2. The predicted molar refractivity (Wildman–Crippen MR) is 232 cm³/mol. The van der Waals surface area contributed by atoms with Gasteiger partial charge in [-0.05, 0) is 112 Å².